The fourth-order valence-corrected chi connectivity index (χ4v) is 1.46. The van der Waals surface area contributed by atoms with E-state index in [0.717, 1.165) is 12.0 Å². The number of hydrogen-bond acceptors (Lipinski definition) is 5. The van der Waals surface area contributed by atoms with Crippen molar-refractivity contribution in [1.82, 2.24) is 9.97 Å². The lowest BCUT2D eigenvalue weighted by Crippen LogP contribution is -2.03. The summed E-state index contributed by atoms with van der Waals surface area (Å²) in [6, 6.07) is 4.47. The first-order valence-corrected chi connectivity index (χ1v) is 5.24. The van der Waals surface area contributed by atoms with Crippen LogP contribution in [0, 0.1) is 0 Å². The number of phenolic OH excluding ortho intramolecular Hbond substituents is 2. The molecule has 1 aromatic heterocycles. The maximum atomic E-state index is 9.38. The standard InChI is InChI=1S/C12H13N3O2/c13-4-3-8-6-14-12(15-7-8)9-1-2-10(16)11(17)5-9/h1-2,5-7,16-17H,3-4,13H2. The molecule has 0 saturated carbocycles. The summed E-state index contributed by atoms with van der Waals surface area (Å²) in [5, 5.41) is 18.6. The molecule has 5 nitrogen and oxygen atoms in total. The van der Waals surface area contributed by atoms with Gasteiger partial charge in [0.1, 0.15) is 0 Å². The Bertz CT molecular complexity index is 512. The highest BCUT2D eigenvalue weighted by molar-refractivity contribution is 5.60. The van der Waals surface area contributed by atoms with Crippen LogP contribution < -0.4 is 5.73 Å². The van der Waals surface area contributed by atoms with Crippen molar-refractivity contribution in [3.63, 3.8) is 0 Å². The van der Waals surface area contributed by atoms with Crippen molar-refractivity contribution in [2.24, 2.45) is 5.73 Å². The Balaban J connectivity index is 2.30. The molecule has 0 spiro atoms. The second-order valence-electron chi connectivity index (χ2n) is 3.66. The molecule has 4 N–H and O–H groups in total. The van der Waals surface area contributed by atoms with Crippen LogP contribution in [0.4, 0.5) is 0 Å². The van der Waals surface area contributed by atoms with E-state index < -0.39 is 0 Å². The van der Waals surface area contributed by atoms with E-state index in [1.54, 1.807) is 18.5 Å². The van der Waals surface area contributed by atoms with E-state index in [-0.39, 0.29) is 11.5 Å². The van der Waals surface area contributed by atoms with Crippen LogP contribution in [-0.4, -0.2) is 26.7 Å². The second-order valence-corrected chi connectivity index (χ2v) is 3.66. The van der Waals surface area contributed by atoms with Gasteiger partial charge in [0.15, 0.2) is 17.3 Å². The Morgan fingerprint density at radius 1 is 1.06 bits per heavy atom. The summed E-state index contributed by atoms with van der Waals surface area (Å²) < 4.78 is 0. The second kappa shape index (κ2) is 4.80. The third kappa shape index (κ3) is 2.51. The van der Waals surface area contributed by atoms with Gasteiger partial charge < -0.3 is 15.9 Å². The number of nitrogens with two attached hydrogens (primary N) is 1. The normalized spacial score (nSPS) is 10.4. The fourth-order valence-electron chi connectivity index (χ4n) is 1.46. The molecule has 0 radical (unpaired) electrons. The predicted octanol–water partition coefficient (Wildman–Crippen LogP) is 1.06. The molecule has 0 bridgehead atoms. The maximum absolute atomic E-state index is 9.38. The van der Waals surface area contributed by atoms with E-state index >= 15 is 0 Å². The monoisotopic (exact) mass is 231 g/mol. The quantitative estimate of drug-likeness (QED) is 0.687. The average Bonchev–Trinajstić information content (AvgIpc) is 2.34. The van der Waals surface area contributed by atoms with Gasteiger partial charge in [0.05, 0.1) is 0 Å². The molecule has 0 amide bonds. The van der Waals surface area contributed by atoms with E-state index in [0.29, 0.717) is 17.9 Å². The minimum absolute atomic E-state index is 0.159. The van der Waals surface area contributed by atoms with E-state index in [1.165, 1.54) is 12.1 Å². The third-order valence-electron chi connectivity index (χ3n) is 2.37. The van der Waals surface area contributed by atoms with Gasteiger partial charge in [-0.05, 0) is 36.7 Å². The van der Waals surface area contributed by atoms with Crippen molar-refractivity contribution in [2.45, 2.75) is 6.42 Å². The molecule has 0 saturated heterocycles. The minimum atomic E-state index is -0.183. The van der Waals surface area contributed by atoms with Crippen LogP contribution in [0.3, 0.4) is 0 Å². The summed E-state index contributed by atoms with van der Waals surface area (Å²) in [5.41, 5.74) is 7.05. The predicted molar refractivity (Wildman–Crippen MR) is 63.6 cm³/mol. The van der Waals surface area contributed by atoms with Gasteiger partial charge in [-0.25, -0.2) is 9.97 Å². The van der Waals surface area contributed by atoms with Crippen molar-refractivity contribution >= 4 is 0 Å². The van der Waals surface area contributed by atoms with Crippen molar-refractivity contribution in [1.29, 1.82) is 0 Å². The lowest BCUT2D eigenvalue weighted by atomic mass is 10.2. The SMILES string of the molecule is NCCc1cnc(-c2ccc(O)c(O)c2)nc1. The van der Waals surface area contributed by atoms with Gasteiger partial charge in [-0.2, -0.15) is 0 Å². The molecule has 2 rings (SSSR count). The highest BCUT2D eigenvalue weighted by Gasteiger charge is 2.05. The lowest BCUT2D eigenvalue weighted by Gasteiger charge is -2.03. The summed E-state index contributed by atoms with van der Waals surface area (Å²) in [6.45, 7) is 0.558. The van der Waals surface area contributed by atoms with Gasteiger partial charge in [0.25, 0.3) is 0 Å². The molecule has 0 fully saturated rings. The van der Waals surface area contributed by atoms with Gasteiger partial charge in [-0.1, -0.05) is 0 Å². The Morgan fingerprint density at radius 2 is 1.76 bits per heavy atom. The molecule has 17 heavy (non-hydrogen) atoms. The zero-order valence-corrected chi connectivity index (χ0v) is 9.17. The molecule has 0 aliphatic carbocycles. The topological polar surface area (TPSA) is 92.3 Å². The summed E-state index contributed by atoms with van der Waals surface area (Å²) in [6.07, 6.45) is 4.15. The van der Waals surface area contributed by atoms with Crippen LogP contribution in [0.2, 0.25) is 0 Å². The Hall–Kier alpha value is -2.14. The van der Waals surface area contributed by atoms with Crippen molar-refractivity contribution in [3.05, 3.63) is 36.2 Å². The molecule has 0 aliphatic heterocycles. The van der Waals surface area contributed by atoms with E-state index in [9.17, 15) is 10.2 Å². The van der Waals surface area contributed by atoms with Crippen molar-refractivity contribution < 1.29 is 10.2 Å². The molecule has 2 aromatic rings. The van der Waals surface area contributed by atoms with Crippen LogP contribution >= 0.6 is 0 Å². The van der Waals surface area contributed by atoms with Crippen LogP contribution in [-0.2, 0) is 6.42 Å². The Kier molecular flexibility index (Phi) is 3.20. The summed E-state index contributed by atoms with van der Waals surface area (Å²) >= 11 is 0. The summed E-state index contributed by atoms with van der Waals surface area (Å²) in [5.74, 6) is 0.159. The third-order valence-corrected chi connectivity index (χ3v) is 2.37. The Labute approximate surface area is 98.6 Å². The number of benzene rings is 1. The molecule has 0 aliphatic rings. The molecule has 88 valence electrons. The summed E-state index contributed by atoms with van der Waals surface area (Å²) in [7, 11) is 0. The highest BCUT2D eigenvalue weighted by Crippen LogP contribution is 2.28. The van der Waals surface area contributed by atoms with Crippen LogP contribution in [0.5, 0.6) is 11.5 Å². The minimum Gasteiger partial charge on any atom is -0.504 e. The van der Waals surface area contributed by atoms with Gasteiger partial charge in [-0.3, -0.25) is 0 Å². The van der Waals surface area contributed by atoms with Gasteiger partial charge in [-0.15, -0.1) is 0 Å². The maximum Gasteiger partial charge on any atom is 0.159 e. The first-order chi connectivity index (χ1) is 8.20. The smallest absolute Gasteiger partial charge is 0.159 e. The number of rotatable bonds is 3. The van der Waals surface area contributed by atoms with Gasteiger partial charge >= 0.3 is 0 Å². The molecular formula is C12H13N3O2. The van der Waals surface area contributed by atoms with Crippen molar-refractivity contribution in [3.8, 4) is 22.9 Å². The zero-order chi connectivity index (χ0) is 12.3. The first-order valence-electron chi connectivity index (χ1n) is 5.24. The van der Waals surface area contributed by atoms with E-state index in [1.807, 2.05) is 0 Å². The highest BCUT2D eigenvalue weighted by atomic mass is 16.3. The Morgan fingerprint density at radius 3 is 2.35 bits per heavy atom. The van der Waals surface area contributed by atoms with Gasteiger partial charge in [0, 0.05) is 18.0 Å². The summed E-state index contributed by atoms with van der Waals surface area (Å²) in [4.78, 5) is 8.36. The van der Waals surface area contributed by atoms with E-state index in [4.69, 9.17) is 5.73 Å². The molecule has 5 heteroatoms. The molecular weight excluding hydrogens is 218 g/mol. The van der Waals surface area contributed by atoms with Crippen LogP contribution in [0.1, 0.15) is 5.56 Å². The molecule has 1 aromatic carbocycles. The van der Waals surface area contributed by atoms with Crippen LogP contribution in [0.15, 0.2) is 30.6 Å². The zero-order valence-electron chi connectivity index (χ0n) is 9.17. The number of hydrogen-bond donors (Lipinski definition) is 3. The first kappa shape index (κ1) is 11.3. The largest absolute Gasteiger partial charge is 0.504 e. The number of phenols is 2. The number of nitrogens with zero attached hydrogens (tertiary/aromatic N) is 2. The molecule has 0 atom stereocenters. The molecule has 0 unspecified atom stereocenters. The van der Waals surface area contributed by atoms with E-state index in [2.05, 4.69) is 9.97 Å². The number of aromatic nitrogens is 2. The lowest BCUT2D eigenvalue weighted by molar-refractivity contribution is 0.404. The van der Waals surface area contributed by atoms with Gasteiger partial charge in [0.2, 0.25) is 0 Å². The van der Waals surface area contributed by atoms with Crippen molar-refractivity contribution in [2.75, 3.05) is 6.54 Å². The van der Waals surface area contributed by atoms with Crippen LogP contribution in [0.25, 0.3) is 11.4 Å². The number of aromatic hydroxyl groups is 2. The molecule has 1 heterocycles. The average molecular weight is 231 g/mol. The fraction of sp³-hybridized carbons (Fsp3) is 0.167.